The average Bonchev–Trinajstić information content (AvgIpc) is 3.33. The minimum atomic E-state index is 0. The molecule has 162 valence electrons. The minimum absolute atomic E-state index is 0. The van der Waals surface area contributed by atoms with E-state index in [2.05, 4.69) is 50.3 Å². The molecule has 1 saturated heterocycles. The molecule has 0 spiro atoms. The van der Waals surface area contributed by atoms with Gasteiger partial charge in [-0.2, -0.15) is 0 Å². The molecule has 2 N–H and O–H groups in total. The van der Waals surface area contributed by atoms with Crippen LogP contribution in [-0.2, 0) is 16.0 Å². The number of aromatic nitrogens is 2. The lowest BCUT2D eigenvalue weighted by Gasteiger charge is -2.13. The SMILES string of the molecule is CN=C(NCCCOCC1CCCO1)NCCCn1c(C)nc2ccccc21.I. The third-order valence-electron chi connectivity index (χ3n) is 5.01. The maximum atomic E-state index is 5.69. The van der Waals surface area contributed by atoms with Crippen molar-refractivity contribution < 1.29 is 9.47 Å². The van der Waals surface area contributed by atoms with Crippen LogP contribution in [0.3, 0.4) is 0 Å². The van der Waals surface area contributed by atoms with Gasteiger partial charge in [-0.1, -0.05) is 12.1 Å². The Hall–Kier alpha value is -1.39. The highest BCUT2D eigenvalue weighted by molar-refractivity contribution is 14.0. The van der Waals surface area contributed by atoms with E-state index < -0.39 is 0 Å². The van der Waals surface area contributed by atoms with E-state index in [1.165, 1.54) is 5.52 Å². The maximum absolute atomic E-state index is 5.69. The summed E-state index contributed by atoms with van der Waals surface area (Å²) in [5, 5.41) is 6.72. The van der Waals surface area contributed by atoms with Crippen LogP contribution in [0.1, 0.15) is 31.5 Å². The van der Waals surface area contributed by atoms with Crippen LogP contribution in [0, 0.1) is 6.92 Å². The lowest BCUT2D eigenvalue weighted by molar-refractivity contribution is 0.0168. The number of guanidine groups is 1. The van der Waals surface area contributed by atoms with Crippen LogP contribution in [-0.4, -0.2) is 61.6 Å². The molecule has 1 aromatic carbocycles. The summed E-state index contributed by atoms with van der Waals surface area (Å²) in [5.74, 6) is 1.90. The molecule has 0 bridgehead atoms. The van der Waals surface area contributed by atoms with Gasteiger partial charge in [-0.25, -0.2) is 4.98 Å². The van der Waals surface area contributed by atoms with E-state index in [1.807, 2.05) is 6.07 Å². The molecule has 0 aliphatic carbocycles. The molecule has 1 atom stereocenters. The fourth-order valence-electron chi connectivity index (χ4n) is 3.51. The number of halogens is 1. The molecule has 0 saturated carbocycles. The van der Waals surface area contributed by atoms with Crippen molar-refractivity contribution in [2.24, 2.45) is 4.99 Å². The van der Waals surface area contributed by atoms with E-state index in [1.54, 1.807) is 7.05 Å². The van der Waals surface area contributed by atoms with Crippen molar-refractivity contribution >= 4 is 41.0 Å². The molecule has 7 nitrogen and oxygen atoms in total. The standard InChI is InChI=1S/C21H33N5O2.HI/c1-17-25-19-9-3-4-10-20(19)26(17)13-6-11-23-21(22-2)24-12-7-14-27-16-18-8-5-15-28-18;/h3-4,9-10,18H,5-8,11-16H2,1-2H3,(H2,22,23,24);1H. The van der Waals surface area contributed by atoms with Gasteiger partial charge in [0, 0.05) is 39.9 Å². The van der Waals surface area contributed by atoms with Gasteiger partial charge >= 0.3 is 0 Å². The normalized spacial score (nSPS) is 16.8. The molecular formula is C21H34IN5O2. The van der Waals surface area contributed by atoms with Crippen LogP contribution in [0.2, 0.25) is 0 Å². The molecule has 2 heterocycles. The van der Waals surface area contributed by atoms with Crippen LogP contribution in [0.25, 0.3) is 11.0 Å². The van der Waals surface area contributed by atoms with Crippen molar-refractivity contribution in [2.75, 3.05) is 40.0 Å². The molecule has 1 aromatic heterocycles. The summed E-state index contributed by atoms with van der Waals surface area (Å²) in [5.41, 5.74) is 2.26. The monoisotopic (exact) mass is 515 g/mol. The number of aryl methyl sites for hydroxylation is 2. The summed E-state index contributed by atoms with van der Waals surface area (Å²) in [4.78, 5) is 8.91. The lowest BCUT2D eigenvalue weighted by Crippen LogP contribution is -2.38. The van der Waals surface area contributed by atoms with E-state index >= 15 is 0 Å². The number of hydrogen-bond acceptors (Lipinski definition) is 4. The van der Waals surface area contributed by atoms with Crippen LogP contribution < -0.4 is 10.6 Å². The molecule has 0 radical (unpaired) electrons. The second-order valence-electron chi connectivity index (χ2n) is 7.14. The second-order valence-corrected chi connectivity index (χ2v) is 7.14. The van der Waals surface area contributed by atoms with E-state index in [4.69, 9.17) is 9.47 Å². The molecule has 1 aliphatic heterocycles. The van der Waals surface area contributed by atoms with Crippen LogP contribution in [0.15, 0.2) is 29.3 Å². The zero-order valence-corrected chi connectivity index (χ0v) is 19.9. The summed E-state index contributed by atoms with van der Waals surface area (Å²) in [6.45, 7) is 7.06. The molecule has 1 fully saturated rings. The number of para-hydroxylation sites is 2. The predicted molar refractivity (Wildman–Crippen MR) is 128 cm³/mol. The molecule has 1 aliphatic rings. The van der Waals surface area contributed by atoms with Gasteiger partial charge in [0.1, 0.15) is 5.82 Å². The van der Waals surface area contributed by atoms with Crippen LogP contribution in [0.4, 0.5) is 0 Å². The third kappa shape index (κ3) is 7.42. The van der Waals surface area contributed by atoms with E-state index in [0.717, 1.165) is 82.4 Å². The van der Waals surface area contributed by atoms with E-state index in [-0.39, 0.29) is 24.0 Å². The molecule has 29 heavy (non-hydrogen) atoms. The first kappa shape index (κ1) is 23.9. The first-order valence-electron chi connectivity index (χ1n) is 10.3. The molecular weight excluding hydrogens is 481 g/mol. The molecule has 3 rings (SSSR count). The van der Waals surface area contributed by atoms with Crippen molar-refractivity contribution in [3.63, 3.8) is 0 Å². The van der Waals surface area contributed by atoms with Gasteiger partial charge in [-0.05, 0) is 44.7 Å². The van der Waals surface area contributed by atoms with Gasteiger partial charge in [0.25, 0.3) is 0 Å². The highest BCUT2D eigenvalue weighted by atomic mass is 127. The molecule has 2 aromatic rings. The Bertz CT molecular complexity index is 759. The van der Waals surface area contributed by atoms with Gasteiger partial charge in [0.15, 0.2) is 5.96 Å². The van der Waals surface area contributed by atoms with E-state index in [0.29, 0.717) is 6.10 Å². The van der Waals surface area contributed by atoms with E-state index in [9.17, 15) is 0 Å². The van der Waals surface area contributed by atoms with Crippen molar-refractivity contribution in [3.8, 4) is 0 Å². The smallest absolute Gasteiger partial charge is 0.190 e. The Morgan fingerprint density at radius 1 is 1.28 bits per heavy atom. The van der Waals surface area contributed by atoms with Crippen molar-refractivity contribution in [3.05, 3.63) is 30.1 Å². The Balaban J connectivity index is 0.00000300. The number of imidazole rings is 1. The van der Waals surface area contributed by atoms with Gasteiger partial charge in [-0.3, -0.25) is 4.99 Å². The van der Waals surface area contributed by atoms with Crippen molar-refractivity contribution in [1.82, 2.24) is 20.2 Å². The molecule has 1 unspecified atom stereocenters. The predicted octanol–water partition coefficient (Wildman–Crippen LogP) is 3.10. The highest BCUT2D eigenvalue weighted by Crippen LogP contribution is 2.15. The highest BCUT2D eigenvalue weighted by Gasteiger charge is 2.14. The zero-order chi connectivity index (χ0) is 19.6. The van der Waals surface area contributed by atoms with Crippen LogP contribution in [0.5, 0.6) is 0 Å². The van der Waals surface area contributed by atoms with Crippen molar-refractivity contribution in [1.29, 1.82) is 0 Å². The number of benzene rings is 1. The quantitative estimate of drug-likeness (QED) is 0.220. The fraction of sp³-hybridized carbons (Fsp3) is 0.619. The fourth-order valence-corrected chi connectivity index (χ4v) is 3.51. The number of rotatable bonds is 10. The third-order valence-corrected chi connectivity index (χ3v) is 5.01. The Morgan fingerprint density at radius 3 is 2.83 bits per heavy atom. The summed E-state index contributed by atoms with van der Waals surface area (Å²) in [6.07, 6.45) is 4.55. The maximum Gasteiger partial charge on any atom is 0.190 e. The lowest BCUT2D eigenvalue weighted by atomic mass is 10.2. The number of hydrogen-bond donors (Lipinski definition) is 2. The topological polar surface area (TPSA) is 72.7 Å². The number of ether oxygens (including phenoxy) is 2. The number of nitrogens with one attached hydrogen (secondary N) is 2. The van der Waals surface area contributed by atoms with Gasteiger partial charge in [0.05, 0.1) is 23.7 Å². The zero-order valence-electron chi connectivity index (χ0n) is 17.5. The van der Waals surface area contributed by atoms with Gasteiger partial charge < -0.3 is 24.7 Å². The Morgan fingerprint density at radius 2 is 2.07 bits per heavy atom. The summed E-state index contributed by atoms with van der Waals surface area (Å²) < 4.78 is 13.5. The van der Waals surface area contributed by atoms with Crippen molar-refractivity contribution in [2.45, 2.75) is 45.3 Å². The Labute approximate surface area is 190 Å². The molecule has 0 amide bonds. The Kier molecular flexibility index (Phi) is 10.7. The number of aliphatic imine (C=N–C) groups is 1. The van der Waals surface area contributed by atoms with Crippen LogP contribution >= 0.6 is 24.0 Å². The summed E-state index contributed by atoms with van der Waals surface area (Å²) >= 11 is 0. The largest absolute Gasteiger partial charge is 0.379 e. The first-order valence-corrected chi connectivity index (χ1v) is 10.3. The van der Waals surface area contributed by atoms with Gasteiger partial charge in [-0.15, -0.1) is 24.0 Å². The number of nitrogens with zero attached hydrogens (tertiary/aromatic N) is 3. The minimum Gasteiger partial charge on any atom is -0.379 e. The summed E-state index contributed by atoms with van der Waals surface area (Å²) in [6, 6.07) is 8.29. The summed E-state index contributed by atoms with van der Waals surface area (Å²) in [7, 11) is 1.80. The molecule has 8 heteroatoms. The second kappa shape index (κ2) is 13.0. The first-order chi connectivity index (χ1) is 13.8. The van der Waals surface area contributed by atoms with Gasteiger partial charge in [0.2, 0.25) is 0 Å². The average molecular weight is 515 g/mol. The number of fused-ring (bicyclic) bond motifs is 1.